The first-order valence-electron chi connectivity index (χ1n) is 11.1. The van der Waals surface area contributed by atoms with Gasteiger partial charge >= 0.3 is 5.97 Å². The molecule has 0 N–H and O–H groups in total. The lowest BCUT2D eigenvalue weighted by atomic mass is 9.93. The number of carbonyl (C=O) groups is 2. The molecule has 0 spiro atoms. The van der Waals surface area contributed by atoms with Crippen molar-refractivity contribution in [2.24, 2.45) is 0 Å². The molecule has 0 aromatic heterocycles. The number of anilines is 1. The summed E-state index contributed by atoms with van der Waals surface area (Å²) in [6, 6.07) is 23.5. The molecule has 1 fully saturated rings. The molecule has 0 bridgehead atoms. The fourth-order valence-corrected chi connectivity index (χ4v) is 4.63. The molecule has 162 valence electrons. The normalized spacial score (nSPS) is 18.2. The molecular weight excluding hydrogens is 400 g/mol. The number of fused-ring (bicyclic) bond motifs is 1. The molecule has 1 amide bonds. The van der Waals surface area contributed by atoms with Crippen molar-refractivity contribution in [3.05, 3.63) is 101 Å². The first-order valence-corrected chi connectivity index (χ1v) is 11.1. The maximum Gasteiger partial charge on any atom is 0.339 e. The Kier molecular flexibility index (Phi) is 5.39. The smallest absolute Gasteiger partial charge is 0.339 e. The lowest BCUT2D eigenvalue weighted by Gasteiger charge is -2.37. The summed E-state index contributed by atoms with van der Waals surface area (Å²) in [5.41, 5.74) is 5.52. The second-order valence-corrected chi connectivity index (χ2v) is 8.45. The third-order valence-corrected chi connectivity index (χ3v) is 6.42. The van der Waals surface area contributed by atoms with E-state index in [0.29, 0.717) is 30.6 Å². The highest BCUT2D eigenvalue weighted by molar-refractivity contribution is 5.98. The predicted octanol–water partition coefficient (Wildman–Crippen LogP) is 4.41. The minimum Gasteiger partial charge on any atom is -0.454 e. The third kappa shape index (κ3) is 3.86. The Morgan fingerprint density at radius 3 is 2.38 bits per heavy atom. The van der Waals surface area contributed by atoms with E-state index in [1.807, 2.05) is 47.4 Å². The van der Waals surface area contributed by atoms with Crippen molar-refractivity contribution in [2.45, 2.75) is 19.4 Å². The number of carbonyl (C=O) groups excluding carboxylic acids is 2. The van der Waals surface area contributed by atoms with E-state index < -0.39 is 0 Å². The van der Waals surface area contributed by atoms with Gasteiger partial charge in [0, 0.05) is 43.9 Å². The van der Waals surface area contributed by atoms with Crippen LogP contribution in [0, 0.1) is 6.92 Å². The predicted molar refractivity (Wildman–Crippen MR) is 124 cm³/mol. The summed E-state index contributed by atoms with van der Waals surface area (Å²) in [5.74, 6) is -0.307. The Bertz CT molecular complexity index is 1150. The monoisotopic (exact) mass is 426 g/mol. The average Bonchev–Trinajstić information content (AvgIpc) is 2.84. The zero-order chi connectivity index (χ0) is 22.1. The molecule has 5 rings (SSSR count). The molecule has 2 heterocycles. The first kappa shape index (κ1) is 20.3. The second-order valence-electron chi connectivity index (χ2n) is 8.45. The van der Waals surface area contributed by atoms with Crippen molar-refractivity contribution in [3.8, 4) is 0 Å². The molecule has 0 aliphatic carbocycles. The Labute approximate surface area is 188 Å². The number of benzene rings is 3. The molecule has 5 nitrogen and oxygen atoms in total. The number of para-hydroxylation sites is 1. The largest absolute Gasteiger partial charge is 0.454 e. The van der Waals surface area contributed by atoms with Crippen LogP contribution < -0.4 is 4.90 Å². The molecule has 1 atom stereocenters. The highest BCUT2D eigenvalue weighted by atomic mass is 16.5. The number of amides is 1. The zero-order valence-electron chi connectivity index (χ0n) is 18.2. The summed E-state index contributed by atoms with van der Waals surface area (Å²) < 4.78 is 5.64. The van der Waals surface area contributed by atoms with E-state index in [4.69, 9.17) is 4.74 Å². The third-order valence-electron chi connectivity index (χ3n) is 6.42. The van der Waals surface area contributed by atoms with Gasteiger partial charge in [0.15, 0.2) is 0 Å². The van der Waals surface area contributed by atoms with Crippen molar-refractivity contribution in [1.29, 1.82) is 0 Å². The molecule has 2 aliphatic heterocycles. The van der Waals surface area contributed by atoms with Gasteiger partial charge in [0.2, 0.25) is 0 Å². The summed E-state index contributed by atoms with van der Waals surface area (Å²) in [7, 11) is 0. The molecule has 2 aliphatic rings. The van der Waals surface area contributed by atoms with Crippen LogP contribution in [0.1, 0.15) is 43.5 Å². The molecule has 3 aromatic rings. The Morgan fingerprint density at radius 2 is 1.62 bits per heavy atom. The maximum absolute atomic E-state index is 13.2. The lowest BCUT2D eigenvalue weighted by Crippen LogP contribution is -2.49. The highest BCUT2D eigenvalue weighted by Crippen LogP contribution is 2.31. The van der Waals surface area contributed by atoms with E-state index in [1.54, 1.807) is 12.1 Å². The minimum absolute atomic E-state index is 0.0208. The van der Waals surface area contributed by atoms with E-state index in [9.17, 15) is 9.59 Å². The number of hydrogen-bond acceptors (Lipinski definition) is 4. The number of hydrogen-bond donors (Lipinski definition) is 0. The summed E-state index contributed by atoms with van der Waals surface area (Å²) in [6.45, 7) is 5.10. The lowest BCUT2D eigenvalue weighted by molar-refractivity contribution is 0.0252. The van der Waals surface area contributed by atoms with E-state index in [0.717, 1.165) is 24.2 Å². The topological polar surface area (TPSA) is 49.9 Å². The number of piperazine rings is 1. The van der Waals surface area contributed by atoms with Gasteiger partial charge in [-0.1, -0.05) is 48.5 Å². The van der Waals surface area contributed by atoms with Gasteiger partial charge in [-0.2, -0.15) is 0 Å². The summed E-state index contributed by atoms with van der Waals surface area (Å²) in [5, 5.41) is 0. The van der Waals surface area contributed by atoms with Gasteiger partial charge in [-0.25, -0.2) is 4.79 Å². The van der Waals surface area contributed by atoms with Crippen LogP contribution in [0.4, 0.5) is 5.69 Å². The minimum atomic E-state index is -0.328. The van der Waals surface area contributed by atoms with Gasteiger partial charge in [0.05, 0.1) is 5.56 Å². The van der Waals surface area contributed by atoms with E-state index in [-0.39, 0.29) is 18.0 Å². The molecular formula is C27H26N2O3. The van der Waals surface area contributed by atoms with Crippen LogP contribution in [-0.4, -0.2) is 43.0 Å². The van der Waals surface area contributed by atoms with Gasteiger partial charge in [-0.05, 0) is 47.9 Å². The van der Waals surface area contributed by atoms with Crippen LogP contribution in [0.2, 0.25) is 0 Å². The fourth-order valence-electron chi connectivity index (χ4n) is 4.63. The van der Waals surface area contributed by atoms with Crippen molar-refractivity contribution in [2.75, 3.05) is 31.1 Å². The molecule has 32 heavy (non-hydrogen) atoms. The molecule has 1 saturated heterocycles. The van der Waals surface area contributed by atoms with Crippen LogP contribution >= 0.6 is 0 Å². The van der Waals surface area contributed by atoms with Crippen LogP contribution in [-0.2, 0) is 11.2 Å². The molecule has 5 heteroatoms. The fraction of sp³-hybridized carbons (Fsp3) is 0.259. The number of aryl methyl sites for hydroxylation is 1. The van der Waals surface area contributed by atoms with Gasteiger partial charge in [-0.15, -0.1) is 0 Å². The number of rotatable bonds is 3. The van der Waals surface area contributed by atoms with Gasteiger partial charge in [0.25, 0.3) is 5.91 Å². The van der Waals surface area contributed by atoms with Crippen LogP contribution in [0.25, 0.3) is 0 Å². The van der Waals surface area contributed by atoms with Crippen LogP contribution in [0.3, 0.4) is 0 Å². The molecule has 3 aromatic carbocycles. The summed E-state index contributed by atoms with van der Waals surface area (Å²) >= 11 is 0. The van der Waals surface area contributed by atoms with E-state index >= 15 is 0 Å². The molecule has 0 saturated carbocycles. The average molecular weight is 427 g/mol. The second kappa shape index (κ2) is 8.50. The Balaban J connectivity index is 1.31. The Hall–Kier alpha value is -3.60. The van der Waals surface area contributed by atoms with Crippen molar-refractivity contribution in [3.63, 3.8) is 0 Å². The van der Waals surface area contributed by atoms with Crippen LogP contribution in [0.15, 0.2) is 72.8 Å². The summed E-state index contributed by atoms with van der Waals surface area (Å²) in [6.07, 6.45) is 0.256. The quantitative estimate of drug-likeness (QED) is 0.582. The standard InChI is InChI=1S/C27H26N2O3/c1-19-7-5-6-10-24(19)28-13-15-29(16-14-28)26(30)21-11-12-23-22(17-21)18-25(32-27(23)31)20-8-3-2-4-9-20/h2-12,17,25H,13-16,18H2,1H3/t25-/m0/s1. The first-order chi connectivity index (χ1) is 15.6. The number of nitrogens with zero attached hydrogens (tertiary/aromatic N) is 2. The number of ether oxygens (including phenoxy) is 1. The van der Waals surface area contributed by atoms with Crippen LogP contribution in [0.5, 0.6) is 0 Å². The number of cyclic esters (lactones) is 1. The Morgan fingerprint density at radius 1 is 0.906 bits per heavy atom. The maximum atomic E-state index is 13.2. The van der Waals surface area contributed by atoms with Gasteiger partial charge in [-0.3, -0.25) is 4.79 Å². The SMILES string of the molecule is Cc1ccccc1N1CCN(C(=O)c2ccc3c(c2)C[C@@H](c2ccccc2)OC3=O)CC1. The molecule has 0 radical (unpaired) electrons. The van der Waals surface area contributed by atoms with E-state index in [1.165, 1.54) is 11.3 Å². The van der Waals surface area contributed by atoms with Gasteiger partial charge < -0.3 is 14.5 Å². The van der Waals surface area contributed by atoms with E-state index in [2.05, 4.69) is 30.0 Å². The highest BCUT2D eigenvalue weighted by Gasteiger charge is 2.29. The van der Waals surface area contributed by atoms with Gasteiger partial charge in [0.1, 0.15) is 6.10 Å². The van der Waals surface area contributed by atoms with Crippen molar-refractivity contribution >= 4 is 17.6 Å². The van der Waals surface area contributed by atoms with Crippen molar-refractivity contribution in [1.82, 2.24) is 4.90 Å². The zero-order valence-corrected chi connectivity index (χ0v) is 18.2. The molecule has 0 unspecified atom stereocenters. The summed E-state index contributed by atoms with van der Waals surface area (Å²) in [4.78, 5) is 30.0. The van der Waals surface area contributed by atoms with Crippen molar-refractivity contribution < 1.29 is 14.3 Å². The number of esters is 1.